The average molecular weight is 341 g/mol. The summed E-state index contributed by atoms with van der Waals surface area (Å²) in [7, 11) is 0. The van der Waals surface area contributed by atoms with E-state index in [4.69, 9.17) is 9.47 Å². The molecule has 1 fully saturated rings. The number of ether oxygens (including phenoxy) is 2. The minimum absolute atomic E-state index is 0.121. The lowest BCUT2D eigenvalue weighted by atomic mass is 10.1. The van der Waals surface area contributed by atoms with E-state index in [0.29, 0.717) is 17.9 Å². The summed E-state index contributed by atoms with van der Waals surface area (Å²) >= 11 is 0. The van der Waals surface area contributed by atoms with Crippen LogP contribution in [0.3, 0.4) is 0 Å². The van der Waals surface area contributed by atoms with Crippen LogP contribution in [0, 0.1) is 5.82 Å². The van der Waals surface area contributed by atoms with E-state index in [2.05, 4.69) is 0 Å². The maximum Gasteiger partial charge on any atom is 0.254 e. The molecule has 1 aliphatic carbocycles. The molecule has 5 heteroatoms. The molecule has 130 valence electrons. The largest absolute Gasteiger partial charge is 0.454 e. The molecule has 25 heavy (non-hydrogen) atoms. The van der Waals surface area contributed by atoms with Crippen LogP contribution in [-0.2, 0) is 6.54 Å². The molecular weight excluding hydrogens is 321 g/mol. The molecular formula is C20H20FNO3. The number of carbonyl (C=O) groups is 1. The van der Waals surface area contributed by atoms with Crippen LogP contribution in [0.5, 0.6) is 11.5 Å². The number of hydrogen-bond donors (Lipinski definition) is 0. The lowest BCUT2D eigenvalue weighted by Gasteiger charge is -2.29. The maximum atomic E-state index is 13.5. The van der Waals surface area contributed by atoms with Gasteiger partial charge in [-0.15, -0.1) is 0 Å². The Morgan fingerprint density at radius 1 is 1.08 bits per heavy atom. The third kappa shape index (κ3) is 3.31. The Hall–Kier alpha value is -2.56. The lowest BCUT2D eigenvalue weighted by molar-refractivity contribution is 0.0664. The first kappa shape index (κ1) is 15.9. The van der Waals surface area contributed by atoms with E-state index in [-0.39, 0.29) is 24.6 Å². The van der Waals surface area contributed by atoms with E-state index in [1.807, 2.05) is 23.1 Å². The van der Waals surface area contributed by atoms with Crippen molar-refractivity contribution in [3.63, 3.8) is 0 Å². The fraction of sp³-hybridized carbons (Fsp3) is 0.350. The van der Waals surface area contributed by atoms with Gasteiger partial charge in [-0.2, -0.15) is 0 Å². The molecule has 1 saturated carbocycles. The molecule has 0 aromatic heterocycles. The second kappa shape index (κ2) is 6.75. The second-order valence-corrected chi connectivity index (χ2v) is 6.57. The Balaban J connectivity index is 1.61. The normalized spacial score (nSPS) is 16.2. The predicted molar refractivity (Wildman–Crippen MR) is 91.1 cm³/mol. The van der Waals surface area contributed by atoms with Crippen molar-refractivity contribution in [1.29, 1.82) is 0 Å². The Kier molecular flexibility index (Phi) is 4.30. The lowest BCUT2D eigenvalue weighted by Crippen LogP contribution is -2.38. The van der Waals surface area contributed by atoms with Gasteiger partial charge >= 0.3 is 0 Å². The highest BCUT2D eigenvalue weighted by molar-refractivity contribution is 5.94. The molecule has 4 rings (SSSR count). The van der Waals surface area contributed by atoms with Gasteiger partial charge in [-0.05, 0) is 48.7 Å². The SMILES string of the molecule is O=C(c1cccc(F)c1)N(Cc1ccc2c(c1)OCO2)C1CCCC1. The fourth-order valence-corrected chi connectivity index (χ4v) is 3.61. The Labute approximate surface area is 146 Å². The van der Waals surface area contributed by atoms with Gasteiger partial charge in [-0.1, -0.05) is 25.0 Å². The number of amides is 1. The number of benzene rings is 2. The first-order chi connectivity index (χ1) is 12.2. The quantitative estimate of drug-likeness (QED) is 0.839. The van der Waals surface area contributed by atoms with Gasteiger partial charge in [0.25, 0.3) is 5.91 Å². The Morgan fingerprint density at radius 2 is 1.88 bits per heavy atom. The maximum absolute atomic E-state index is 13.5. The molecule has 0 radical (unpaired) electrons. The van der Waals surface area contributed by atoms with Gasteiger partial charge in [-0.3, -0.25) is 4.79 Å². The van der Waals surface area contributed by atoms with Gasteiger partial charge in [-0.25, -0.2) is 4.39 Å². The van der Waals surface area contributed by atoms with Gasteiger partial charge in [0.2, 0.25) is 6.79 Å². The number of halogens is 1. The summed E-state index contributed by atoms with van der Waals surface area (Å²) in [5.74, 6) is 0.930. The summed E-state index contributed by atoms with van der Waals surface area (Å²) in [6.07, 6.45) is 4.23. The van der Waals surface area contributed by atoms with E-state index in [1.54, 1.807) is 12.1 Å². The first-order valence-electron chi connectivity index (χ1n) is 8.66. The summed E-state index contributed by atoms with van der Waals surface area (Å²) in [5.41, 5.74) is 1.38. The number of carbonyl (C=O) groups excluding carboxylic acids is 1. The molecule has 2 aliphatic rings. The van der Waals surface area contributed by atoms with E-state index in [9.17, 15) is 9.18 Å². The van der Waals surface area contributed by atoms with Crippen LogP contribution < -0.4 is 9.47 Å². The molecule has 0 unspecified atom stereocenters. The van der Waals surface area contributed by atoms with Crippen molar-refractivity contribution < 1.29 is 18.7 Å². The average Bonchev–Trinajstić information content (AvgIpc) is 3.30. The Bertz CT molecular complexity index is 786. The smallest absolute Gasteiger partial charge is 0.254 e. The van der Waals surface area contributed by atoms with E-state index < -0.39 is 0 Å². The van der Waals surface area contributed by atoms with Crippen molar-refractivity contribution >= 4 is 5.91 Å². The summed E-state index contributed by atoms with van der Waals surface area (Å²) in [4.78, 5) is 14.9. The molecule has 0 bridgehead atoms. The van der Waals surface area contributed by atoms with Gasteiger partial charge in [0, 0.05) is 18.2 Å². The summed E-state index contributed by atoms with van der Waals surface area (Å²) in [6.45, 7) is 0.712. The van der Waals surface area contributed by atoms with E-state index in [0.717, 1.165) is 37.0 Å². The molecule has 0 spiro atoms. The van der Waals surface area contributed by atoms with E-state index in [1.165, 1.54) is 12.1 Å². The van der Waals surface area contributed by atoms with Crippen molar-refractivity contribution in [3.05, 3.63) is 59.4 Å². The monoisotopic (exact) mass is 341 g/mol. The van der Waals surface area contributed by atoms with Gasteiger partial charge in [0.05, 0.1) is 0 Å². The van der Waals surface area contributed by atoms with Crippen molar-refractivity contribution in [2.45, 2.75) is 38.3 Å². The highest BCUT2D eigenvalue weighted by atomic mass is 19.1. The van der Waals surface area contributed by atoms with Gasteiger partial charge in [0.15, 0.2) is 11.5 Å². The first-order valence-corrected chi connectivity index (χ1v) is 8.66. The van der Waals surface area contributed by atoms with E-state index >= 15 is 0 Å². The van der Waals surface area contributed by atoms with Crippen LogP contribution >= 0.6 is 0 Å². The van der Waals surface area contributed by atoms with Crippen LogP contribution in [0.25, 0.3) is 0 Å². The van der Waals surface area contributed by atoms with Crippen molar-refractivity contribution in [2.75, 3.05) is 6.79 Å². The third-order valence-electron chi connectivity index (χ3n) is 4.89. The molecule has 2 aromatic rings. The highest BCUT2D eigenvalue weighted by Crippen LogP contribution is 2.34. The Morgan fingerprint density at radius 3 is 2.68 bits per heavy atom. The minimum Gasteiger partial charge on any atom is -0.454 e. The molecule has 4 nitrogen and oxygen atoms in total. The number of nitrogens with zero attached hydrogens (tertiary/aromatic N) is 1. The van der Waals surface area contributed by atoms with Crippen LogP contribution in [0.1, 0.15) is 41.6 Å². The molecule has 0 saturated heterocycles. The second-order valence-electron chi connectivity index (χ2n) is 6.57. The highest BCUT2D eigenvalue weighted by Gasteiger charge is 2.28. The summed E-state index contributed by atoms with van der Waals surface area (Å²) < 4.78 is 24.3. The van der Waals surface area contributed by atoms with Crippen LogP contribution in [-0.4, -0.2) is 23.6 Å². The fourth-order valence-electron chi connectivity index (χ4n) is 3.61. The topological polar surface area (TPSA) is 38.8 Å². The van der Waals surface area contributed by atoms with Gasteiger partial charge in [0.1, 0.15) is 5.82 Å². The molecule has 1 amide bonds. The number of fused-ring (bicyclic) bond motifs is 1. The van der Waals surface area contributed by atoms with Crippen molar-refractivity contribution in [3.8, 4) is 11.5 Å². The molecule has 1 aliphatic heterocycles. The molecule has 0 N–H and O–H groups in total. The zero-order valence-corrected chi connectivity index (χ0v) is 13.9. The molecule has 0 atom stereocenters. The predicted octanol–water partition coefficient (Wildman–Crippen LogP) is 4.14. The molecule has 1 heterocycles. The standard InChI is InChI=1S/C20H20FNO3/c21-16-5-3-4-15(11-16)20(23)22(17-6-1-2-7-17)12-14-8-9-18-19(10-14)25-13-24-18/h3-5,8-11,17H,1-2,6-7,12-13H2. The van der Waals surface area contributed by atoms with Crippen molar-refractivity contribution in [1.82, 2.24) is 4.90 Å². The number of rotatable bonds is 4. The minimum atomic E-state index is -0.389. The van der Waals surface area contributed by atoms with Crippen molar-refractivity contribution in [2.24, 2.45) is 0 Å². The third-order valence-corrected chi connectivity index (χ3v) is 4.89. The summed E-state index contributed by atoms with van der Waals surface area (Å²) in [5, 5.41) is 0. The van der Waals surface area contributed by atoms with Crippen LogP contribution in [0.15, 0.2) is 42.5 Å². The zero-order chi connectivity index (χ0) is 17.2. The summed E-state index contributed by atoms with van der Waals surface area (Å²) in [6, 6.07) is 11.9. The molecule has 2 aromatic carbocycles. The van der Waals surface area contributed by atoms with Crippen LogP contribution in [0.4, 0.5) is 4.39 Å². The zero-order valence-electron chi connectivity index (χ0n) is 13.9. The van der Waals surface area contributed by atoms with Crippen LogP contribution in [0.2, 0.25) is 0 Å². The number of hydrogen-bond acceptors (Lipinski definition) is 3. The van der Waals surface area contributed by atoms with Gasteiger partial charge < -0.3 is 14.4 Å².